The molecule has 0 heterocycles. The van der Waals surface area contributed by atoms with Crippen LogP contribution in [0.2, 0.25) is 0 Å². The summed E-state index contributed by atoms with van der Waals surface area (Å²) in [5, 5.41) is 14.9. The van der Waals surface area contributed by atoms with Crippen LogP contribution < -0.4 is 10.6 Å². The Morgan fingerprint density at radius 3 is 2.16 bits per heavy atom. The maximum absolute atomic E-state index is 12.1. The molecule has 0 aliphatic heterocycles. The van der Waals surface area contributed by atoms with Crippen molar-refractivity contribution in [3.8, 4) is 5.75 Å². The summed E-state index contributed by atoms with van der Waals surface area (Å²) in [5.74, 6) is -0.359. The molecule has 6 heteroatoms. The quantitative estimate of drug-likeness (QED) is 0.641. The highest BCUT2D eigenvalue weighted by Crippen LogP contribution is 2.10. The zero-order valence-electron chi connectivity index (χ0n) is 14.1. The number of hydrogen-bond acceptors (Lipinski definition) is 4. The van der Waals surface area contributed by atoms with E-state index < -0.39 is 0 Å². The second kappa shape index (κ2) is 9.44. The number of methoxy groups -OCH3 is 1. The number of phenols is 1. The first-order chi connectivity index (χ1) is 12.1. The van der Waals surface area contributed by atoms with E-state index in [2.05, 4.69) is 10.6 Å². The molecule has 0 saturated carbocycles. The predicted octanol–water partition coefficient (Wildman–Crippen LogP) is 2.09. The van der Waals surface area contributed by atoms with Crippen molar-refractivity contribution in [1.82, 2.24) is 10.6 Å². The average molecular weight is 342 g/mol. The Kier molecular flexibility index (Phi) is 6.98. The van der Waals surface area contributed by atoms with Gasteiger partial charge in [-0.2, -0.15) is 0 Å². The molecule has 132 valence electrons. The second-order valence-corrected chi connectivity index (χ2v) is 5.55. The van der Waals surface area contributed by atoms with Gasteiger partial charge in [-0.3, -0.25) is 9.59 Å². The highest BCUT2D eigenvalue weighted by molar-refractivity contribution is 5.95. The van der Waals surface area contributed by atoms with E-state index in [1.165, 1.54) is 12.1 Å². The molecule has 0 bridgehead atoms. The van der Waals surface area contributed by atoms with Gasteiger partial charge in [0.05, 0.1) is 6.61 Å². The van der Waals surface area contributed by atoms with Crippen LogP contribution in [0.3, 0.4) is 0 Å². The number of carbonyl (C=O) groups excluding carboxylic acids is 2. The third-order valence-electron chi connectivity index (χ3n) is 3.53. The lowest BCUT2D eigenvalue weighted by molar-refractivity contribution is 0.0951. The molecule has 0 aromatic heterocycles. The molecule has 25 heavy (non-hydrogen) atoms. The summed E-state index contributed by atoms with van der Waals surface area (Å²) in [6.45, 7) is 1.34. The van der Waals surface area contributed by atoms with Crippen molar-refractivity contribution in [3.05, 3.63) is 65.2 Å². The number of phenolic OH excluding ortho intramolecular Hbond substituents is 1. The van der Waals surface area contributed by atoms with E-state index in [-0.39, 0.29) is 17.6 Å². The predicted molar refractivity (Wildman–Crippen MR) is 94.5 cm³/mol. The zero-order chi connectivity index (χ0) is 18.1. The van der Waals surface area contributed by atoms with Crippen LogP contribution in [0.15, 0.2) is 48.5 Å². The largest absolute Gasteiger partial charge is 0.508 e. The van der Waals surface area contributed by atoms with Crippen LogP contribution in [-0.4, -0.2) is 37.1 Å². The molecule has 0 unspecified atom stereocenters. The summed E-state index contributed by atoms with van der Waals surface area (Å²) in [6, 6.07) is 13.4. The van der Waals surface area contributed by atoms with Gasteiger partial charge in [-0.05, 0) is 42.3 Å². The number of aromatic hydroxyl groups is 1. The molecular weight excluding hydrogens is 320 g/mol. The van der Waals surface area contributed by atoms with Gasteiger partial charge < -0.3 is 20.5 Å². The number of rotatable bonds is 8. The fraction of sp³-hybridized carbons (Fsp3) is 0.263. The van der Waals surface area contributed by atoms with Crippen molar-refractivity contribution in [1.29, 1.82) is 0 Å². The highest BCUT2D eigenvalue weighted by Gasteiger charge is 2.07. The van der Waals surface area contributed by atoms with Crippen molar-refractivity contribution < 1.29 is 19.4 Å². The monoisotopic (exact) mass is 342 g/mol. The van der Waals surface area contributed by atoms with Crippen LogP contribution in [0.25, 0.3) is 0 Å². The molecule has 0 aliphatic carbocycles. The van der Waals surface area contributed by atoms with E-state index in [1.54, 1.807) is 31.4 Å². The van der Waals surface area contributed by atoms with E-state index in [0.29, 0.717) is 37.2 Å². The van der Waals surface area contributed by atoms with Gasteiger partial charge in [-0.25, -0.2) is 0 Å². The van der Waals surface area contributed by atoms with E-state index in [0.717, 1.165) is 5.56 Å². The normalized spacial score (nSPS) is 10.3. The lowest BCUT2D eigenvalue weighted by Gasteiger charge is -2.08. The first-order valence-corrected chi connectivity index (χ1v) is 8.03. The topological polar surface area (TPSA) is 87.7 Å². The molecule has 0 atom stereocenters. The number of nitrogens with one attached hydrogen (secondary N) is 2. The minimum absolute atomic E-state index is 0.0515. The van der Waals surface area contributed by atoms with Crippen LogP contribution in [0.4, 0.5) is 0 Å². The minimum atomic E-state index is -0.255. The van der Waals surface area contributed by atoms with Gasteiger partial charge in [-0.15, -0.1) is 0 Å². The molecule has 6 nitrogen and oxygen atoms in total. The van der Waals surface area contributed by atoms with Crippen LogP contribution in [0.5, 0.6) is 5.75 Å². The first-order valence-electron chi connectivity index (χ1n) is 8.03. The average Bonchev–Trinajstić information content (AvgIpc) is 2.61. The number of carbonyl (C=O) groups is 2. The lowest BCUT2D eigenvalue weighted by atomic mass is 10.1. The van der Waals surface area contributed by atoms with Crippen molar-refractivity contribution in [2.24, 2.45) is 0 Å². The third kappa shape index (κ3) is 5.93. The summed E-state index contributed by atoms with van der Waals surface area (Å²) >= 11 is 0. The Hall–Kier alpha value is -2.86. The standard InChI is InChI=1S/C19H22N2O4/c1-25-13-14-5-2-6-15(11-14)18(23)20-9-4-10-21-19(24)16-7-3-8-17(22)12-16/h2-3,5-8,11-12,22H,4,9-10,13H2,1H3,(H,20,23)(H,21,24). The molecule has 0 radical (unpaired) electrons. The third-order valence-corrected chi connectivity index (χ3v) is 3.53. The molecule has 0 spiro atoms. The fourth-order valence-electron chi connectivity index (χ4n) is 2.31. The summed E-state index contributed by atoms with van der Waals surface area (Å²) < 4.78 is 5.05. The first kappa shape index (κ1) is 18.5. The van der Waals surface area contributed by atoms with Gasteiger partial charge in [0.1, 0.15) is 5.75 Å². The fourth-order valence-corrected chi connectivity index (χ4v) is 2.31. The van der Waals surface area contributed by atoms with Crippen LogP contribution >= 0.6 is 0 Å². The van der Waals surface area contributed by atoms with Gasteiger partial charge in [-0.1, -0.05) is 18.2 Å². The number of amides is 2. The summed E-state index contributed by atoms with van der Waals surface area (Å²) in [6.07, 6.45) is 0.605. The van der Waals surface area contributed by atoms with Crippen LogP contribution in [0, 0.1) is 0 Å². The Morgan fingerprint density at radius 2 is 1.56 bits per heavy atom. The molecule has 2 aromatic carbocycles. The van der Waals surface area contributed by atoms with E-state index in [1.807, 2.05) is 12.1 Å². The highest BCUT2D eigenvalue weighted by atomic mass is 16.5. The molecule has 0 aliphatic rings. The number of ether oxygens (including phenoxy) is 1. The van der Waals surface area contributed by atoms with Gasteiger partial charge in [0.2, 0.25) is 0 Å². The minimum Gasteiger partial charge on any atom is -0.508 e. The summed E-state index contributed by atoms with van der Waals surface area (Å²) in [4.78, 5) is 24.0. The summed E-state index contributed by atoms with van der Waals surface area (Å²) in [7, 11) is 1.61. The van der Waals surface area contributed by atoms with Gasteiger partial charge in [0.25, 0.3) is 11.8 Å². The van der Waals surface area contributed by atoms with Crippen molar-refractivity contribution >= 4 is 11.8 Å². The van der Waals surface area contributed by atoms with E-state index in [9.17, 15) is 14.7 Å². The maximum Gasteiger partial charge on any atom is 0.251 e. The van der Waals surface area contributed by atoms with Crippen molar-refractivity contribution in [2.45, 2.75) is 13.0 Å². The Morgan fingerprint density at radius 1 is 0.960 bits per heavy atom. The SMILES string of the molecule is COCc1cccc(C(=O)NCCCNC(=O)c2cccc(O)c2)c1. The van der Waals surface area contributed by atoms with Crippen molar-refractivity contribution in [3.63, 3.8) is 0 Å². The maximum atomic E-state index is 12.1. The second-order valence-electron chi connectivity index (χ2n) is 5.55. The Balaban J connectivity index is 1.71. The molecule has 2 amide bonds. The van der Waals surface area contributed by atoms with Crippen molar-refractivity contribution in [2.75, 3.05) is 20.2 Å². The zero-order valence-corrected chi connectivity index (χ0v) is 14.1. The lowest BCUT2D eigenvalue weighted by Crippen LogP contribution is -2.29. The Labute approximate surface area is 146 Å². The van der Waals surface area contributed by atoms with E-state index >= 15 is 0 Å². The van der Waals surface area contributed by atoms with Crippen LogP contribution in [0.1, 0.15) is 32.7 Å². The number of benzene rings is 2. The smallest absolute Gasteiger partial charge is 0.251 e. The molecule has 0 fully saturated rings. The van der Waals surface area contributed by atoms with Gasteiger partial charge in [0.15, 0.2) is 0 Å². The molecular formula is C19H22N2O4. The number of hydrogen-bond donors (Lipinski definition) is 3. The molecule has 2 rings (SSSR count). The van der Waals surface area contributed by atoms with Gasteiger partial charge >= 0.3 is 0 Å². The van der Waals surface area contributed by atoms with Gasteiger partial charge in [0, 0.05) is 31.3 Å². The molecule has 2 aromatic rings. The molecule has 0 saturated heterocycles. The summed E-state index contributed by atoms with van der Waals surface area (Å²) in [5.41, 5.74) is 1.92. The Bertz CT molecular complexity index is 731. The van der Waals surface area contributed by atoms with Crippen LogP contribution in [-0.2, 0) is 11.3 Å². The van der Waals surface area contributed by atoms with E-state index in [4.69, 9.17) is 4.74 Å². The molecule has 3 N–H and O–H groups in total.